The highest BCUT2D eigenvalue weighted by Gasteiger charge is 2.06. The predicted molar refractivity (Wildman–Crippen MR) is 60.4 cm³/mol. The van der Waals surface area contributed by atoms with Gasteiger partial charge in [0.25, 0.3) is 0 Å². The van der Waals surface area contributed by atoms with Crippen LogP contribution < -0.4 is 10.1 Å². The van der Waals surface area contributed by atoms with Crippen molar-refractivity contribution in [1.29, 1.82) is 0 Å². The van der Waals surface area contributed by atoms with Gasteiger partial charge in [0.1, 0.15) is 17.8 Å². The van der Waals surface area contributed by atoms with Crippen molar-refractivity contribution in [1.82, 2.24) is 10.3 Å². The number of hydrogen-bond acceptors (Lipinski definition) is 4. The fraction of sp³-hybridized carbons (Fsp3) is 0.250. The third-order valence-corrected chi connectivity index (χ3v) is 2.09. The van der Waals surface area contributed by atoms with Crippen LogP contribution in [0.15, 0.2) is 34.9 Å². The Morgan fingerprint density at radius 2 is 2.35 bits per heavy atom. The van der Waals surface area contributed by atoms with Crippen molar-refractivity contribution in [3.8, 4) is 11.8 Å². The molecule has 0 aliphatic rings. The standard InChI is InChI=1S/C12H13FN2O2/c1-2-14-7-10-8-16-12(15-10)17-11-5-3-4-9(13)6-11/h3-6,8,14H,2,7H2,1H3. The van der Waals surface area contributed by atoms with Crippen LogP contribution in [0.25, 0.3) is 0 Å². The van der Waals surface area contributed by atoms with Crippen LogP contribution in [0.2, 0.25) is 0 Å². The van der Waals surface area contributed by atoms with E-state index in [0.717, 1.165) is 12.2 Å². The molecular weight excluding hydrogens is 223 g/mol. The first kappa shape index (κ1) is 11.6. The van der Waals surface area contributed by atoms with Gasteiger partial charge in [-0.15, -0.1) is 0 Å². The summed E-state index contributed by atoms with van der Waals surface area (Å²) < 4.78 is 23.3. The molecule has 17 heavy (non-hydrogen) atoms. The molecule has 90 valence electrons. The Labute approximate surface area is 98.4 Å². The summed E-state index contributed by atoms with van der Waals surface area (Å²) in [5, 5.41) is 3.11. The molecule has 1 N–H and O–H groups in total. The van der Waals surface area contributed by atoms with Crippen molar-refractivity contribution in [2.24, 2.45) is 0 Å². The number of nitrogens with one attached hydrogen (secondary N) is 1. The number of rotatable bonds is 5. The Morgan fingerprint density at radius 1 is 1.47 bits per heavy atom. The maximum atomic E-state index is 12.9. The zero-order valence-corrected chi connectivity index (χ0v) is 9.44. The van der Waals surface area contributed by atoms with E-state index in [1.54, 1.807) is 12.1 Å². The van der Waals surface area contributed by atoms with Gasteiger partial charge in [-0.1, -0.05) is 13.0 Å². The molecule has 0 atom stereocenters. The lowest BCUT2D eigenvalue weighted by Gasteiger charge is -1.99. The molecular formula is C12H13FN2O2. The minimum atomic E-state index is -0.359. The highest BCUT2D eigenvalue weighted by atomic mass is 19.1. The molecule has 0 aliphatic heterocycles. The minimum absolute atomic E-state index is 0.114. The number of hydrogen-bond donors (Lipinski definition) is 1. The Morgan fingerprint density at radius 3 is 3.12 bits per heavy atom. The summed E-state index contributed by atoms with van der Waals surface area (Å²) in [6, 6.07) is 5.82. The maximum Gasteiger partial charge on any atom is 0.399 e. The van der Waals surface area contributed by atoms with Crippen LogP contribution in [0.4, 0.5) is 4.39 Å². The van der Waals surface area contributed by atoms with Crippen LogP contribution in [0.3, 0.4) is 0 Å². The second kappa shape index (κ2) is 5.45. The molecule has 0 saturated carbocycles. The van der Waals surface area contributed by atoms with Crippen molar-refractivity contribution in [3.05, 3.63) is 42.0 Å². The average molecular weight is 236 g/mol. The van der Waals surface area contributed by atoms with Gasteiger partial charge in [-0.25, -0.2) is 4.39 Å². The fourth-order valence-electron chi connectivity index (χ4n) is 1.30. The van der Waals surface area contributed by atoms with Crippen LogP contribution in [0, 0.1) is 5.82 Å². The summed E-state index contributed by atoms with van der Waals surface area (Å²) in [5.41, 5.74) is 0.748. The Kier molecular flexibility index (Phi) is 3.72. The van der Waals surface area contributed by atoms with Crippen LogP contribution in [0.5, 0.6) is 11.8 Å². The van der Waals surface area contributed by atoms with Gasteiger partial charge in [-0.05, 0) is 18.7 Å². The molecule has 4 nitrogen and oxygen atoms in total. The number of nitrogens with zero attached hydrogens (tertiary/aromatic N) is 1. The van der Waals surface area contributed by atoms with Gasteiger partial charge >= 0.3 is 6.08 Å². The lowest BCUT2D eigenvalue weighted by Crippen LogP contribution is -2.11. The molecule has 0 amide bonds. The zero-order chi connectivity index (χ0) is 12.1. The summed E-state index contributed by atoms with van der Waals surface area (Å²) in [7, 11) is 0. The van der Waals surface area contributed by atoms with E-state index in [-0.39, 0.29) is 11.9 Å². The third-order valence-electron chi connectivity index (χ3n) is 2.09. The number of ether oxygens (including phenoxy) is 1. The molecule has 1 aromatic heterocycles. The summed E-state index contributed by atoms with van der Waals surface area (Å²) in [4.78, 5) is 4.10. The van der Waals surface area contributed by atoms with E-state index >= 15 is 0 Å². The average Bonchev–Trinajstić information content (AvgIpc) is 2.74. The summed E-state index contributed by atoms with van der Waals surface area (Å²) >= 11 is 0. The zero-order valence-electron chi connectivity index (χ0n) is 9.44. The van der Waals surface area contributed by atoms with E-state index in [4.69, 9.17) is 9.15 Å². The molecule has 0 aliphatic carbocycles. The van der Waals surface area contributed by atoms with Crippen LogP contribution in [-0.4, -0.2) is 11.5 Å². The second-order valence-corrected chi connectivity index (χ2v) is 3.44. The lowest BCUT2D eigenvalue weighted by atomic mass is 10.3. The fourth-order valence-corrected chi connectivity index (χ4v) is 1.30. The largest absolute Gasteiger partial charge is 0.417 e. The van der Waals surface area contributed by atoms with Crippen molar-refractivity contribution < 1.29 is 13.5 Å². The topological polar surface area (TPSA) is 47.3 Å². The van der Waals surface area contributed by atoms with E-state index in [0.29, 0.717) is 12.3 Å². The number of halogens is 1. The molecule has 0 saturated heterocycles. The molecule has 0 spiro atoms. The smallest absolute Gasteiger partial charge is 0.399 e. The van der Waals surface area contributed by atoms with E-state index in [1.807, 2.05) is 6.92 Å². The molecule has 2 aromatic rings. The number of aromatic nitrogens is 1. The summed E-state index contributed by atoms with van der Waals surface area (Å²) in [6.45, 7) is 3.48. The highest BCUT2D eigenvalue weighted by Crippen LogP contribution is 2.21. The normalized spacial score (nSPS) is 10.5. The minimum Gasteiger partial charge on any atom is -0.417 e. The van der Waals surface area contributed by atoms with Gasteiger partial charge < -0.3 is 14.5 Å². The molecule has 0 unspecified atom stereocenters. The maximum absolute atomic E-state index is 12.9. The number of oxazole rings is 1. The first-order valence-corrected chi connectivity index (χ1v) is 5.36. The van der Waals surface area contributed by atoms with Gasteiger partial charge in [0.2, 0.25) is 0 Å². The van der Waals surface area contributed by atoms with E-state index in [2.05, 4.69) is 10.3 Å². The SMILES string of the molecule is CCNCc1coc(Oc2cccc(F)c2)n1. The van der Waals surface area contributed by atoms with Crippen molar-refractivity contribution in [2.75, 3.05) is 6.54 Å². The molecule has 1 aromatic carbocycles. The van der Waals surface area contributed by atoms with E-state index in [1.165, 1.54) is 18.4 Å². The van der Waals surface area contributed by atoms with Crippen molar-refractivity contribution >= 4 is 0 Å². The molecule has 0 bridgehead atoms. The van der Waals surface area contributed by atoms with E-state index < -0.39 is 0 Å². The summed E-state index contributed by atoms with van der Waals surface area (Å²) in [5.74, 6) is 0.00350. The first-order valence-electron chi connectivity index (χ1n) is 5.36. The van der Waals surface area contributed by atoms with Gasteiger partial charge in [-0.3, -0.25) is 0 Å². The lowest BCUT2D eigenvalue weighted by molar-refractivity contribution is 0.329. The van der Waals surface area contributed by atoms with E-state index in [9.17, 15) is 4.39 Å². The monoisotopic (exact) mass is 236 g/mol. The Balaban J connectivity index is 2.01. The second-order valence-electron chi connectivity index (χ2n) is 3.44. The molecule has 2 rings (SSSR count). The molecule has 0 radical (unpaired) electrons. The van der Waals surface area contributed by atoms with Crippen LogP contribution in [-0.2, 0) is 6.54 Å². The van der Waals surface area contributed by atoms with Gasteiger partial charge in [0.05, 0.1) is 5.69 Å². The Bertz CT molecular complexity index is 485. The summed E-state index contributed by atoms with van der Waals surface area (Å²) in [6.07, 6.45) is 1.63. The van der Waals surface area contributed by atoms with Crippen LogP contribution >= 0.6 is 0 Å². The number of benzene rings is 1. The van der Waals surface area contributed by atoms with Crippen molar-refractivity contribution in [3.63, 3.8) is 0 Å². The molecule has 0 fully saturated rings. The Hall–Kier alpha value is -1.88. The molecule has 5 heteroatoms. The van der Waals surface area contributed by atoms with Crippen LogP contribution in [0.1, 0.15) is 12.6 Å². The van der Waals surface area contributed by atoms with Gasteiger partial charge in [0, 0.05) is 12.6 Å². The highest BCUT2D eigenvalue weighted by molar-refractivity contribution is 5.24. The third kappa shape index (κ3) is 3.29. The van der Waals surface area contributed by atoms with Gasteiger partial charge in [-0.2, -0.15) is 4.98 Å². The quantitative estimate of drug-likeness (QED) is 0.867. The van der Waals surface area contributed by atoms with Gasteiger partial charge in [0.15, 0.2) is 0 Å². The predicted octanol–water partition coefficient (Wildman–Crippen LogP) is 2.72. The molecule has 1 heterocycles. The van der Waals surface area contributed by atoms with Crippen molar-refractivity contribution in [2.45, 2.75) is 13.5 Å². The first-order chi connectivity index (χ1) is 8.28.